The molecular formula is C20H30ClN3O2. The van der Waals surface area contributed by atoms with E-state index in [-0.39, 0.29) is 11.5 Å². The van der Waals surface area contributed by atoms with Crippen molar-refractivity contribution in [1.82, 2.24) is 9.88 Å². The maximum absolute atomic E-state index is 13.2. The SMILES string of the molecule is CCN(C(=O)C1CCN(c2ccc(Cl)cn2)CC1)C1CCOC(C)(C)C1. The highest BCUT2D eigenvalue weighted by atomic mass is 35.5. The molecule has 0 spiro atoms. The number of hydrogen-bond donors (Lipinski definition) is 0. The molecule has 144 valence electrons. The zero-order chi connectivity index (χ0) is 18.7. The second-order valence-electron chi connectivity index (χ2n) is 7.97. The lowest BCUT2D eigenvalue weighted by molar-refractivity contribution is -0.144. The van der Waals surface area contributed by atoms with E-state index in [0.717, 1.165) is 57.7 Å². The summed E-state index contributed by atoms with van der Waals surface area (Å²) in [5.74, 6) is 1.38. The van der Waals surface area contributed by atoms with Crippen LogP contribution in [0.2, 0.25) is 5.02 Å². The third-order valence-corrected chi connectivity index (χ3v) is 5.84. The molecule has 2 saturated heterocycles. The van der Waals surface area contributed by atoms with Gasteiger partial charge < -0.3 is 14.5 Å². The average molecular weight is 380 g/mol. The van der Waals surface area contributed by atoms with Crippen LogP contribution in [0.5, 0.6) is 0 Å². The summed E-state index contributed by atoms with van der Waals surface area (Å²) in [6, 6.07) is 4.12. The van der Waals surface area contributed by atoms with E-state index in [1.807, 2.05) is 12.1 Å². The van der Waals surface area contributed by atoms with Gasteiger partial charge in [-0.05, 0) is 58.6 Å². The summed E-state index contributed by atoms with van der Waals surface area (Å²) >= 11 is 5.92. The van der Waals surface area contributed by atoms with Gasteiger partial charge in [-0.2, -0.15) is 0 Å². The molecule has 1 atom stereocenters. The molecule has 1 unspecified atom stereocenters. The molecular weight excluding hydrogens is 350 g/mol. The molecule has 1 aromatic heterocycles. The van der Waals surface area contributed by atoms with Crippen molar-refractivity contribution in [2.24, 2.45) is 5.92 Å². The normalized spacial score (nSPS) is 23.7. The molecule has 2 aliphatic rings. The Bertz CT molecular complexity index is 612. The van der Waals surface area contributed by atoms with Crippen molar-refractivity contribution in [3.05, 3.63) is 23.4 Å². The summed E-state index contributed by atoms with van der Waals surface area (Å²) in [6.07, 6.45) is 5.30. The van der Waals surface area contributed by atoms with E-state index in [0.29, 0.717) is 17.0 Å². The number of ether oxygens (including phenoxy) is 1. The molecule has 1 aromatic rings. The zero-order valence-electron chi connectivity index (χ0n) is 16.1. The maximum Gasteiger partial charge on any atom is 0.226 e. The van der Waals surface area contributed by atoms with E-state index >= 15 is 0 Å². The van der Waals surface area contributed by atoms with Gasteiger partial charge in [0, 0.05) is 44.4 Å². The number of piperidine rings is 1. The lowest BCUT2D eigenvalue weighted by atomic mass is 9.90. The predicted octanol–water partition coefficient (Wildman–Crippen LogP) is 3.76. The van der Waals surface area contributed by atoms with E-state index < -0.39 is 0 Å². The molecule has 2 aliphatic heterocycles. The van der Waals surface area contributed by atoms with Crippen LogP contribution in [-0.4, -0.2) is 53.7 Å². The van der Waals surface area contributed by atoms with Crippen LogP contribution < -0.4 is 4.90 Å². The molecule has 2 fully saturated rings. The molecule has 3 heterocycles. The fourth-order valence-electron chi connectivity index (χ4n) is 4.20. The second kappa shape index (κ2) is 8.13. The van der Waals surface area contributed by atoms with Gasteiger partial charge in [0.15, 0.2) is 0 Å². The minimum Gasteiger partial charge on any atom is -0.375 e. The summed E-state index contributed by atoms with van der Waals surface area (Å²) in [4.78, 5) is 21.9. The molecule has 0 saturated carbocycles. The van der Waals surface area contributed by atoms with Crippen molar-refractivity contribution in [2.45, 2.75) is 58.1 Å². The van der Waals surface area contributed by atoms with Crippen LogP contribution in [0, 0.1) is 5.92 Å². The highest BCUT2D eigenvalue weighted by Gasteiger charge is 2.36. The van der Waals surface area contributed by atoms with Gasteiger partial charge in [-0.1, -0.05) is 11.6 Å². The number of halogens is 1. The number of carbonyl (C=O) groups excluding carboxylic acids is 1. The Labute approximate surface area is 161 Å². The fourth-order valence-corrected chi connectivity index (χ4v) is 4.32. The summed E-state index contributed by atoms with van der Waals surface area (Å²) < 4.78 is 5.83. The molecule has 3 rings (SSSR count). The number of nitrogens with zero attached hydrogens (tertiary/aromatic N) is 3. The second-order valence-corrected chi connectivity index (χ2v) is 8.41. The van der Waals surface area contributed by atoms with Gasteiger partial charge in [0.05, 0.1) is 10.6 Å². The van der Waals surface area contributed by atoms with Gasteiger partial charge in [0.2, 0.25) is 5.91 Å². The van der Waals surface area contributed by atoms with E-state index in [9.17, 15) is 4.79 Å². The summed E-state index contributed by atoms with van der Waals surface area (Å²) in [7, 11) is 0. The lowest BCUT2D eigenvalue weighted by Gasteiger charge is -2.43. The van der Waals surface area contributed by atoms with Crippen molar-refractivity contribution >= 4 is 23.3 Å². The summed E-state index contributed by atoms with van der Waals surface area (Å²) in [5, 5.41) is 0.650. The van der Waals surface area contributed by atoms with Gasteiger partial charge in [-0.25, -0.2) is 4.98 Å². The topological polar surface area (TPSA) is 45.7 Å². The quantitative estimate of drug-likeness (QED) is 0.799. The summed E-state index contributed by atoms with van der Waals surface area (Å²) in [6.45, 7) is 9.57. The minimum absolute atomic E-state index is 0.115. The van der Waals surface area contributed by atoms with Gasteiger partial charge >= 0.3 is 0 Å². The van der Waals surface area contributed by atoms with Crippen LogP contribution in [0.4, 0.5) is 5.82 Å². The van der Waals surface area contributed by atoms with Gasteiger partial charge in [0.1, 0.15) is 5.82 Å². The molecule has 26 heavy (non-hydrogen) atoms. The Morgan fingerprint density at radius 2 is 2.08 bits per heavy atom. The highest BCUT2D eigenvalue weighted by molar-refractivity contribution is 6.30. The number of hydrogen-bond acceptors (Lipinski definition) is 4. The standard InChI is InChI=1S/C20H30ClN3O2/c1-4-24(17-9-12-26-20(2,3)13-17)19(25)15-7-10-23(11-8-15)18-6-5-16(21)14-22-18/h5-6,14-15,17H,4,7-13H2,1-3H3. The number of anilines is 1. The molecule has 0 radical (unpaired) electrons. The fraction of sp³-hybridized carbons (Fsp3) is 0.700. The van der Waals surface area contributed by atoms with Crippen molar-refractivity contribution in [2.75, 3.05) is 31.1 Å². The lowest BCUT2D eigenvalue weighted by Crippen LogP contribution is -2.51. The Morgan fingerprint density at radius 1 is 1.35 bits per heavy atom. The minimum atomic E-state index is -0.139. The third-order valence-electron chi connectivity index (χ3n) is 5.62. The molecule has 0 bridgehead atoms. The van der Waals surface area contributed by atoms with Crippen LogP contribution in [-0.2, 0) is 9.53 Å². The Hall–Kier alpha value is -1.33. The number of rotatable bonds is 4. The smallest absolute Gasteiger partial charge is 0.226 e. The Balaban J connectivity index is 1.59. The van der Waals surface area contributed by atoms with Gasteiger partial charge in [0.25, 0.3) is 0 Å². The van der Waals surface area contributed by atoms with Crippen LogP contribution >= 0.6 is 11.6 Å². The molecule has 1 amide bonds. The van der Waals surface area contributed by atoms with Crippen LogP contribution in [0.3, 0.4) is 0 Å². The Morgan fingerprint density at radius 3 is 2.65 bits per heavy atom. The third kappa shape index (κ3) is 4.49. The van der Waals surface area contributed by atoms with Crippen molar-refractivity contribution in [3.8, 4) is 0 Å². The summed E-state index contributed by atoms with van der Waals surface area (Å²) in [5.41, 5.74) is -0.139. The number of amides is 1. The first-order chi connectivity index (χ1) is 12.4. The molecule has 0 N–H and O–H groups in total. The molecule has 0 aromatic carbocycles. The highest BCUT2D eigenvalue weighted by Crippen LogP contribution is 2.30. The molecule has 5 nitrogen and oxygen atoms in total. The van der Waals surface area contributed by atoms with Gasteiger partial charge in [-0.3, -0.25) is 4.79 Å². The number of aromatic nitrogens is 1. The largest absolute Gasteiger partial charge is 0.375 e. The first kappa shape index (κ1) is 19.4. The van der Waals surface area contributed by atoms with Crippen molar-refractivity contribution in [3.63, 3.8) is 0 Å². The van der Waals surface area contributed by atoms with Crippen LogP contribution in [0.1, 0.15) is 46.5 Å². The first-order valence-corrected chi connectivity index (χ1v) is 10.1. The monoisotopic (exact) mass is 379 g/mol. The average Bonchev–Trinajstić information content (AvgIpc) is 2.62. The van der Waals surface area contributed by atoms with E-state index in [1.54, 1.807) is 6.20 Å². The first-order valence-electron chi connectivity index (χ1n) is 9.70. The van der Waals surface area contributed by atoms with E-state index in [4.69, 9.17) is 16.3 Å². The maximum atomic E-state index is 13.2. The van der Waals surface area contributed by atoms with E-state index in [1.165, 1.54) is 0 Å². The van der Waals surface area contributed by atoms with Crippen molar-refractivity contribution < 1.29 is 9.53 Å². The van der Waals surface area contributed by atoms with Crippen LogP contribution in [0.25, 0.3) is 0 Å². The van der Waals surface area contributed by atoms with Crippen LogP contribution in [0.15, 0.2) is 18.3 Å². The number of pyridine rings is 1. The van der Waals surface area contributed by atoms with Crippen molar-refractivity contribution in [1.29, 1.82) is 0 Å². The Kier molecular flexibility index (Phi) is 6.08. The zero-order valence-corrected chi connectivity index (χ0v) is 16.8. The van der Waals surface area contributed by atoms with E-state index in [2.05, 4.69) is 35.6 Å². The van der Waals surface area contributed by atoms with Gasteiger partial charge in [-0.15, -0.1) is 0 Å². The predicted molar refractivity (Wildman–Crippen MR) is 105 cm³/mol. The molecule has 0 aliphatic carbocycles. The number of carbonyl (C=O) groups is 1. The molecule has 6 heteroatoms.